The third kappa shape index (κ3) is 3.73. The number of sulfonamides is 1. The van der Waals surface area contributed by atoms with E-state index in [4.69, 9.17) is 10.3 Å². The zero-order valence-electron chi connectivity index (χ0n) is 13.3. The van der Waals surface area contributed by atoms with Crippen molar-refractivity contribution in [1.82, 2.24) is 9.46 Å². The summed E-state index contributed by atoms with van der Waals surface area (Å²) in [7, 11) is -3.12. The van der Waals surface area contributed by atoms with Crippen molar-refractivity contribution in [1.29, 1.82) is 0 Å². The van der Waals surface area contributed by atoms with Gasteiger partial charge in [0.25, 0.3) is 16.4 Å². The molecular weight excluding hydrogens is 340 g/mol. The van der Waals surface area contributed by atoms with Crippen LogP contribution in [0.1, 0.15) is 17.7 Å². The molecule has 1 aromatic carbocycles. The zero-order chi connectivity index (χ0) is 17.9. The van der Waals surface area contributed by atoms with Gasteiger partial charge in [0.05, 0.1) is 6.04 Å². The molecule has 132 valence electrons. The summed E-state index contributed by atoms with van der Waals surface area (Å²) in [5.74, 6) is -0.370. The van der Waals surface area contributed by atoms with Gasteiger partial charge in [0.2, 0.25) is 0 Å². The van der Waals surface area contributed by atoms with Gasteiger partial charge >= 0.3 is 0 Å². The van der Waals surface area contributed by atoms with Crippen molar-refractivity contribution in [2.75, 3.05) is 12.8 Å². The summed E-state index contributed by atoms with van der Waals surface area (Å²) in [6, 6.07) is 7.55. The normalized spacial score (nSPS) is 13.6. The molecule has 2 aromatic rings. The topological polar surface area (TPSA) is 89.4 Å². The van der Waals surface area contributed by atoms with E-state index in [-0.39, 0.29) is 22.9 Å². The van der Waals surface area contributed by atoms with E-state index in [1.54, 1.807) is 24.3 Å². The molecule has 0 amide bonds. The molecule has 1 unspecified atom stereocenters. The van der Waals surface area contributed by atoms with Crippen molar-refractivity contribution >= 4 is 15.8 Å². The van der Waals surface area contributed by atoms with Crippen molar-refractivity contribution < 1.29 is 21.7 Å². The molecule has 1 aromatic heterocycles. The van der Waals surface area contributed by atoms with Crippen molar-refractivity contribution in [3.05, 3.63) is 41.7 Å². The number of benzene rings is 1. The number of hydrogen-bond acceptors (Lipinski definition) is 5. The molecule has 1 atom stereocenters. The van der Waals surface area contributed by atoms with E-state index >= 15 is 0 Å². The maximum absolute atomic E-state index is 13.4. The lowest BCUT2D eigenvalue weighted by Gasteiger charge is -2.26. The van der Waals surface area contributed by atoms with Crippen LogP contribution >= 0.6 is 0 Å². The van der Waals surface area contributed by atoms with E-state index in [2.05, 4.69) is 5.16 Å². The Hall–Kier alpha value is -2.00. The molecule has 0 aliphatic carbocycles. The predicted octanol–water partition coefficient (Wildman–Crippen LogP) is 2.45. The lowest BCUT2D eigenvalue weighted by Crippen LogP contribution is -2.42. The number of nitrogen functional groups attached to an aromatic ring is 1. The van der Waals surface area contributed by atoms with E-state index in [9.17, 15) is 17.2 Å². The van der Waals surface area contributed by atoms with Crippen LogP contribution in [0.25, 0.3) is 0 Å². The van der Waals surface area contributed by atoms with E-state index in [0.29, 0.717) is 10.7 Å². The van der Waals surface area contributed by atoms with Crippen LogP contribution in [0.2, 0.25) is 0 Å². The van der Waals surface area contributed by atoms with Crippen LogP contribution in [0.15, 0.2) is 39.8 Å². The Morgan fingerprint density at radius 2 is 1.92 bits per heavy atom. The Balaban J connectivity index is 2.24. The largest absolute Gasteiger partial charge is 0.380 e. The Labute approximate surface area is 139 Å². The number of rotatable bonds is 7. The lowest BCUT2D eigenvalue weighted by atomic mass is 10.1. The maximum Gasteiger partial charge on any atom is 0.255 e. The molecule has 0 bridgehead atoms. The molecule has 2 rings (SSSR count). The smallest absolute Gasteiger partial charge is 0.255 e. The molecule has 24 heavy (non-hydrogen) atoms. The van der Waals surface area contributed by atoms with Gasteiger partial charge in [-0.1, -0.05) is 35.5 Å². The standard InChI is InChI=1S/C15H19F2N3O3S/c1-10-13(15(18)19-23-10)24(21,22)20(2)12(14(16)17)9-8-11-6-4-3-5-7-11/h3-7,12,14H,8-9H2,1-2H3,(H2,18,19). The monoisotopic (exact) mass is 359 g/mol. The first-order valence-corrected chi connectivity index (χ1v) is 8.71. The van der Waals surface area contributed by atoms with E-state index in [1.807, 2.05) is 6.07 Å². The summed E-state index contributed by atoms with van der Waals surface area (Å²) < 4.78 is 57.5. The second-order valence-corrected chi connectivity index (χ2v) is 7.33. The van der Waals surface area contributed by atoms with Crippen LogP contribution in [0.5, 0.6) is 0 Å². The summed E-state index contributed by atoms with van der Waals surface area (Å²) in [4.78, 5) is -0.365. The SMILES string of the molecule is Cc1onc(N)c1S(=O)(=O)N(C)C(CCc1ccccc1)C(F)F. The van der Waals surface area contributed by atoms with E-state index in [1.165, 1.54) is 6.92 Å². The summed E-state index contributed by atoms with van der Waals surface area (Å²) >= 11 is 0. The van der Waals surface area contributed by atoms with Gasteiger partial charge in [-0.3, -0.25) is 0 Å². The van der Waals surface area contributed by atoms with Gasteiger partial charge in [-0.05, 0) is 25.3 Å². The lowest BCUT2D eigenvalue weighted by molar-refractivity contribution is 0.0658. The molecular formula is C15H19F2N3O3S. The van der Waals surface area contributed by atoms with Crippen LogP contribution in [0.3, 0.4) is 0 Å². The first-order valence-electron chi connectivity index (χ1n) is 7.27. The highest BCUT2D eigenvalue weighted by atomic mass is 32.2. The molecule has 0 spiro atoms. The predicted molar refractivity (Wildman–Crippen MR) is 85.2 cm³/mol. The molecule has 2 N–H and O–H groups in total. The highest BCUT2D eigenvalue weighted by Crippen LogP contribution is 2.28. The van der Waals surface area contributed by atoms with Gasteiger partial charge < -0.3 is 10.3 Å². The van der Waals surface area contributed by atoms with Gasteiger partial charge in [0, 0.05) is 7.05 Å². The van der Waals surface area contributed by atoms with E-state index < -0.39 is 22.5 Å². The number of anilines is 1. The third-order valence-electron chi connectivity index (χ3n) is 3.80. The van der Waals surface area contributed by atoms with E-state index in [0.717, 1.165) is 12.6 Å². The van der Waals surface area contributed by atoms with Gasteiger partial charge in [-0.15, -0.1) is 0 Å². The van der Waals surface area contributed by atoms with Crippen LogP contribution in [-0.4, -0.2) is 37.4 Å². The van der Waals surface area contributed by atoms with Crippen LogP contribution < -0.4 is 5.73 Å². The summed E-state index contributed by atoms with van der Waals surface area (Å²) in [6.07, 6.45) is -2.54. The maximum atomic E-state index is 13.4. The van der Waals surface area contributed by atoms with Crippen molar-refractivity contribution in [3.63, 3.8) is 0 Å². The molecule has 0 fully saturated rings. The second-order valence-electron chi connectivity index (χ2n) is 5.40. The fraction of sp³-hybridized carbons (Fsp3) is 0.400. The molecule has 9 heteroatoms. The van der Waals surface area contributed by atoms with Gasteiger partial charge in [0.15, 0.2) is 16.5 Å². The fourth-order valence-corrected chi connectivity index (χ4v) is 3.99. The molecule has 1 heterocycles. The fourth-order valence-electron chi connectivity index (χ4n) is 2.44. The molecule has 0 saturated heterocycles. The second kappa shape index (κ2) is 7.27. The number of alkyl halides is 2. The first-order chi connectivity index (χ1) is 11.2. The Morgan fingerprint density at radius 3 is 2.42 bits per heavy atom. The molecule has 0 aliphatic heterocycles. The average molecular weight is 359 g/mol. The molecule has 0 saturated carbocycles. The molecule has 6 nitrogen and oxygen atoms in total. The quantitative estimate of drug-likeness (QED) is 0.820. The minimum Gasteiger partial charge on any atom is -0.380 e. The van der Waals surface area contributed by atoms with Crippen molar-refractivity contribution in [2.24, 2.45) is 0 Å². The van der Waals surface area contributed by atoms with Crippen LogP contribution in [-0.2, 0) is 16.4 Å². The zero-order valence-corrected chi connectivity index (χ0v) is 14.1. The number of hydrogen-bond donors (Lipinski definition) is 1. The van der Waals surface area contributed by atoms with Gasteiger partial charge in [0.1, 0.15) is 0 Å². The van der Waals surface area contributed by atoms with Gasteiger partial charge in [-0.25, -0.2) is 17.2 Å². The summed E-state index contributed by atoms with van der Waals surface area (Å²) in [6.45, 7) is 1.37. The van der Waals surface area contributed by atoms with Crippen molar-refractivity contribution in [3.8, 4) is 0 Å². The summed E-state index contributed by atoms with van der Waals surface area (Å²) in [5.41, 5.74) is 6.36. The number of aryl methyl sites for hydroxylation is 2. The first kappa shape index (κ1) is 18.3. The van der Waals surface area contributed by atoms with Crippen LogP contribution in [0.4, 0.5) is 14.6 Å². The number of nitrogens with two attached hydrogens (primary N) is 1. The number of halogens is 2. The minimum atomic E-state index is -4.23. The Bertz CT molecular complexity index is 759. The number of aromatic nitrogens is 1. The number of nitrogens with zero attached hydrogens (tertiary/aromatic N) is 2. The Kier molecular flexibility index (Phi) is 5.55. The van der Waals surface area contributed by atoms with Crippen molar-refractivity contribution in [2.45, 2.75) is 37.1 Å². The average Bonchev–Trinajstić information content (AvgIpc) is 2.87. The third-order valence-corrected chi connectivity index (χ3v) is 5.84. The van der Waals surface area contributed by atoms with Crippen LogP contribution in [0, 0.1) is 6.92 Å². The summed E-state index contributed by atoms with van der Waals surface area (Å²) in [5, 5.41) is 3.37. The minimum absolute atomic E-state index is 0.0261. The highest BCUT2D eigenvalue weighted by Gasteiger charge is 2.37. The molecule has 0 radical (unpaired) electrons. The Morgan fingerprint density at radius 1 is 1.29 bits per heavy atom. The highest BCUT2D eigenvalue weighted by molar-refractivity contribution is 7.89. The molecule has 0 aliphatic rings. The van der Waals surface area contributed by atoms with Gasteiger partial charge in [-0.2, -0.15) is 4.31 Å².